The number of benzene rings is 1. The van der Waals surface area contributed by atoms with Gasteiger partial charge in [0, 0.05) is 6.42 Å². The van der Waals surface area contributed by atoms with Crippen LogP contribution in [0.4, 0.5) is 0 Å². The first kappa shape index (κ1) is 13.6. The summed E-state index contributed by atoms with van der Waals surface area (Å²) in [7, 11) is 0. The van der Waals surface area contributed by atoms with Crippen molar-refractivity contribution in [1.82, 2.24) is 0 Å². The topological polar surface area (TPSA) is 9.23 Å². The molecule has 0 aliphatic heterocycles. The van der Waals surface area contributed by atoms with Crippen LogP contribution in [0.3, 0.4) is 0 Å². The third kappa shape index (κ3) is 5.39. The van der Waals surface area contributed by atoms with Crippen LogP contribution < -0.4 is 0 Å². The van der Waals surface area contributed by atoms with E-state index in [2.05, 4.69) is 50.8 Å². The highest BCUT2D eigenvalue weighted by Gasteiger charge is 1.98. The van der Waals surface area contributed by atoms with Gasteiger partial charge in [-0.25, -0.2) is 0 Å². The SMILES string of the molecule is C=C(Cc1ccc(CC)cc1)OC/C=C/CC. The summed E-state index contributed by atoms with van der Waals surface area (Å²) in [5.41, 5.74) is 2.62. The van der Waals surface area contributed by atoms with Crippen LogP contribution in [0.15, 0.2) is 48.8 Å². The van der Waals surface area contributed by atoms with E-state index in [1.54, 1.807) is 0 Å². The number of allylic oxidation sites excluding steroid dienone is 2. The molecule has 0 aromatic heterocycles. The molecule has 0 spiro atoms. The van der Waals surface area contributed by atoms with Crippen LogP contribution in [0.25, 0.3) is 0 Å². The number of aryl methyl sites for hydroxylation is 1. The van der Waals surface area contributed by atoms with Gasteiger partial charge < -0.3 is 4.74 Å². The standard InChI is InChI=1S/C16H22O/c1-4-6-7-12-17-14(3)13-16-10-8-15(5-2)9-11-16/h6-11H,3-5,12-13H2,1-2H3/b7-6+. The zero-order valence-corrected chi connectivity index (χ0v) is 10.9. The largest absolute Gasteiger partial charge is 0.494 e. The predicted molar refractivity (Wildman–Crippen MR) is 74.0 cm³/mol. The van der Waals surface area contributed by atoms with Crippen molar-refractivity contribution in [1.29, 1.82) is 0 Å². The molecule has 0 atom stereocenters. The predicted octanol–water partition coefficient (Wildman–Crippen LogP) is 4.29. The van der Waals surface area contributed by atoms with Crippen molar-refractivity contribution in [2.45, 2.75) is 33.1 Å². The fourth-order valence-corrected chi connectivity index (χ4v) is 1.57. The molecule has 17 heavy (non-hydrogen) atoms. The molecule has 0 radical (unpaired) electrons. The van der Waals surface area contributed by atoms with Gasteiger partial charge in [0.2, 0.25) is 0 Å². The second kappa shape index (κ2) is 7.72. The van der Waals surface area contributed by atoms with Gasteiger partial charge in [-0.05, 0) is 24.0 Å². The lowest BCUT2D eigenvalue weighted by Gasteiger charge is -2.07. The molecular formula is C16H22O. The number of rotatable bonds is 7. The molecular weight excluding hydrogens is 208 g/mol. The summed E-state index contributed by atoms with van der Waals surface area (Å²) in [6.07, 6.45) is 7.06. The van der Waals surface area contributed by atoms with Gasteiger partial charge in [0.1, 0.15) is 6.61 Å². The van der Waals surface area contributed by atoms with E-state index in [1.807, 2.05) is 6.08 Å². The molecule has 0 saturated carbocycles. The smallest absolute Gasteiger partial charge is 0.106 e. The normalized spacial score (nSPS) is 10.7. The Morgan fingerprint density at radius 1 is 1.12 bits per heavy atom. The van der Waals surface area contributed by atoms with Gasteiger partial charge in [0.05, 0.1) is 5.76 Å². The Hall–Kier alpha value is -1.50. The van der Waals surface area contributed by atoms with Crippen molar-refractivity contribution >= 4 is 0 Å². The molecule has 1 aromatic carbocycles. The molecule has 0 aliphatic carbocycles. The Morgan fingerprint density at radius 2 is 1.76 bits per heavy atom. The summed E-state index contributed by atoms with van der Waals surface area (Å²) in [4.78, 5) is 0. The lowest BCUT2D eigenvalue weighted by atomic mass is 10.1. The molecule has 1 nitrogen and oxygen atoms in total. The molecule has 0 saturated heterocycles. The maximum atomic E-state index is 5.52. The van der Waals surface area contributed by atoms with Gasteiger partial charge in [-0.3, -0.25) is 0 Å². The van der Waals surface area contributed by atoms with Gasteiger partial charge in [0.15, 0.2) is 0 Å². The van der Waals surface area contributed by atoms with Crippen LogP contribution in [0.1, 0.15) is 31.4 Å². The zero-order valence-electron chi connectivity index (χ0n) is 10.9. The molecule has 0 N–H and O–H groups in total. The van der Waals surface area contributed by atoms with E-state index in [-0.39, 0.29) is 0 Å². The van der Waals surface area contributed by atoms with Gasteiger partial charge in [0.25, 0.3) is 0 Å². The lowest BCUT2D eigenvalue weighted by molar-refractivity contribution is 0.242. The monoisotopic (exact) mass is 230 g/mol. The highest BCUT2D eigenvalue weighted by atomic mass is 16.5. The minimum absolute atomic E-state index is 0.625. The number of ether oxygens (including phenoxy) is 1. The maximum Gasteiger partial charge on any atom is 0.106 e. The first-order valence-corrected chi connectivity index (χ1v) is 6.29. The van der Waals surface area contributed by atoms with Crippen LogP contribution in [-0.2, 0) is 17.6 Å². The van der Waals surface area contributed by atoms with E-state index in [0.29, 0.717) is 6.61 Å². The van der Waals surface area contributed by atoms with E-state index >= 15 is 0 Å². The van der Waals surface area contributed by atoms with Crippen molar-refractivity contribution in [3.8, 4) is 0 Å². The average molecular weight is 230 g/mol. The van der Waals surface area contributed by atoms with Crippen molar-refractivity contribution in [3.63, 3.8) is 0 Å². The summed E-state index contributed by atoms with van der Waals surface area (Å²) in [6.45, 7) is 8.83. The fourth-order valence-electron chi connectivity index (χ4n) is 1.57. The first-order chi connectivity index (χ1) is 8.26. The minimum atomic E-state index is 0.625. The second-order valence-electron chi connectivity index (χ2n) is 4.08. The summed E-state index contributed by atoms with van der Waals surface area (Å²) in [5, 5.41) is 0. The average Bonchev–Trinajstić information content (AvgIpc) is 2.36. The quantitative estimate of drug-likeness (QED) is 0.501. The molecule has 0 heterocycles. The van der Waals surface area contributed by atoms with E-state index in [9.17, 15) is 0 Å². The summed E-state index contributed by atoms with van der Waals surface area (Å²) in [6, 6.07) is 8.63. The van der Waals surface area contributed by atoms with Crippen LogP contribution >= 0.6 is 0 Å². The van der Waals surface area contributed by atoms with Crippen LogP contribution in [-0.4, -0.2) is 6.61 Å². The van der Waals surface area contributed by atoms with Gasteiger partial charge in [-0.2, -0.15) is 0 Å². The Bertz CT molecular complexity index is 360. The van der Waals surface area contributed by atoms with Crippen molar-refractivity contribution in [3.05, 3.63) is 59.9 Å². The zero-order chi connectivity index (χ0) is 12.5. The number of hydrogen-bond donors (Lipinski definition) is 0. The lowest BCUT2D eigenvalue weighted by Crippen LogP contribution is -1.95. The van der Waals surface area contributed by atoms with Crippen molar-refractivity contribution in [2.75, 3.05) is 6.61 Å². The van der Waals surface area contributed by atoms with Crippen LogP contribution in [0, 0.1) is 0 Å². The molecule has 1 rings (SSSR count). The minimum Gasteiger partial charge on any atom is -0.494 e. The molecule has 0 bridgehead atoms. The molecule has 0 fully saturated rings. The van der Waals surface area contributed by atoms with E-state index in [0.717, 1.165) is 25.0 Å². The van der Waals surface area contributed by atoms with E-state index in [4.69, 9.17) is 4.74 Å². The highest BCUT2D eigenvalue weighted by Crippen LogP contribution is 2.10. The van der Waals surface area contributed by atoms with E-state index in [1.165, 1.54) is 11.1 Å². The molecule has 1 heteroatoms. The maximum absolute atomic E-state index is 5.52. The Kier molecular flexibility index (Phi) is 6.16. The van der Waals surface area contributed by atoms with Crippen molar-refractivity contribution in [2.24, 2.45) is 0 Å². The first-order valence-electron chi connectivity index (χ1n) is 6.29. The highest BCUT2D eigenvalue weighted by molar-refractivity contribution is 5.24. The summed E-state index contributed by atoms with van der Waals surface area (Å²) >= 11 is 0. The Labute approximate surface area is 105 Å². The molecule has 92 valence electrons. The third-order valence-electron chi connectivity index (χ3n) is 2.62. The molecule has 0 amide bonds. The van der Waals surface area contributed by atoms with E-state index < -0.39 is 0 Å². The van der Waals surface area contributed by atoms with Crippen molar-refractivity contribution < 1.29 is 4.74 Å². The van der Waals surface area contributed by atoms with Gasteiger partial charge in [-0.1, -0.05) is 56.8 Å². The van der Waals surface area contributed by atoms with Gasteiger partial charge >= 0.3 is 0 Å². The Morgan fingerprint density at radius 3 is 2.35 bits per heavy atom. The molecule has 1 aromatic rings. The molecule has 0 unspecified atom stereocenters. The fraction of sp³-hybridized carbons (Fsp3) is 0.375. The summed E-state index contributed by atoms with van der Waals surface area (Å²) in [5.74, 6) is 0.829. The van der Waals surface area contributed by atoms with Crippen LogP contribution in [0.5, 0.6) is 0 Å². The second-order valence-corrected chi connectivity index (χ2v) is 4.08. The van der Waals surface area contributed by atoms with Gasteiger partial charge in [-0.15, -0.1) is 0 Å². The number of hydrogen-bond acceptors (Lipinski definition) is 1. The Balaban J connectivity index is 2.37. The third-order valence-corrected chi connectivity index (χ3v) is 2.62. The summed E-state index contributed by atoms with van der Waals surface area (Å²) < 4.78 is 5.52. The van der Waals surface area contributed by atoms with Crippen LogP contribution in [0.2, 0.25) is 0 Å². The molecule has 0 aliphatic rings.